The van der Waals surface area contributed by atoms with Gasteiger partial charge in [0.1, 0.15) is 0 Å². The molecule has 1 heterocycles. The number of thiazole rings is 1. The van der Waals surface area contributed by atoms with Crippen LogP contribution in [0.3, 0.4) is 0 Å². The fourth-order valence-corrected chi connectivity index (χ4v) is 3.70. The van der Waals surface area contributed by atoms with Gasteiger partial charge in [0.05, 0.1) is 16.3 Å². The molecule has 1 aliphatic carbocycles. The van der Waals surface area contributed by atoms with Gasteiger partial charge in [0.15, 0.2) is 5.96 Å². The summed E-state index contributed by atoms with van der Waals surface area (Å²) < 4.78 is 38.9. The molecule has 1 aromatic heterocycles. The first-order chi connectivity index (χ1) is 12.8. The number of nitrogens with one attached hydrogen (secondary N) is 2. The topological polar surface area (TPSA) is 49.3 Å². The van der Waals surface area contributed by atoms with E-state index in [1.807, 2.05) is 12.3 Å². The van der Waals surface area contributed by atoms with Crippen LogP contribution >= 0.6 is 35.3 Å². The first-order valence-electron chi connectivity index (χ1n) is 8.86. The average molecular weight is 524 g/mol. The minimum Gasteiger partial charge on any atom is -0.356 e. The molecule has 28 heavy (non-hydrogen) atoms. The number of guanidine groups is 1. The number of aliphatic imine (C=N–C) groups is 1. The summed E-state index contributed by atoms with van der Waals surface area (Å²) in [7, 11) is 1.69. The van der Waals surface area contributed by atoms with Crippen molar-refractivity contribution in [1.29, 1.82) is 0 Å². The number of aryl methyl sites for hydroxylation is 1. The minimum absolute atomic E-state index is 0. The van der Waals surface area contributed by atoms with Crippen LogP contribution < -0.4 is 10.6 Å². The van der Waals surface area contributed by atoms with Crippen molar-refractivity contribution in [3.63, 3.8) is 0 Å². The standard InChI is InChI=1S/C19H23F3N4S.HI/c1-13-26-16(11-27-13)6-9-24-17(23-2)25-12-18(7-8-18)14-4-3-5-15(10-14)19(20,21)22;/h3-5,10-11H,6-9,12H2,1-2H3,(H2,23,24,25);1H. The van der Waals surface area contributed by atoms with E-state index in [1.165, 1.54) is 12.1 Å². The summed E-state index contributed by atoms with van der Waals surface area (Å²) in [5, 5.41) is 9.59. The SMILES string of the molecule is CN=C(NCCc1csc(C)n1)NCC1(c2cccc(C(F)(F)F)c2)CC1.I. The van der Waals surface area contributed by atoms with Crippen LogP contribution in [-0.2, 0) is 18.0 Å². The molecular weight excluding hydrogens is 500 g/mol. The number of hydrogen-bond acceptors (Lipinski definition) is 3. The van der Waals surface area contributed by atoms with Crippen molar-refractivity contribution in [1.82, 2.24) is 15.6 Å². The molecule has 0 saturated heterocycles. The lowest BCUT2D eigenvalue weighted by Gasteiger charge is -2.20. The smallest absolute Gasteiger partial charge is 0.356 e. The first-order valence-corrected chi connectivity index (χ1v) is 9.74. The van der Waals surface area contributed by atoms with Gasteiger partial charge in [-0.3, -0.25) is 4.99 Å². The second-order valence-corrected chi connectivity index (χ2v) is 7.88. The summed E-state index contributed by atoms with van der Waals surface area (Å²) in [5.74, 6) is 0.653. The molecule has 0 amide bonds. The van der Waals surface area contributed by atoms with E-state index < -0.39 is 11.7 Å². The van der Waals surface area contributed by atoms with Gasteiger partial charge in [0.25, 0.3) is 0 Å². The minimum atomic E-state index is -4.31. The summed E-state index contributed by atoms with van der Waals surface area (Å²) in [6, 6.07) is 5.66. The van der Waals surface area contributed by atoms with Crippen LogP contribution in [0.15, 0.2) is 34.6 Å². The fourth-order valence-electron chi connectivity index (χ4n) is 3.05. The summed E-state index contributed by atoms with van der Waals surface area (Å²) in [5.41, 5.74) is 0.943. The second-order valence-electron chi connectivity index (χ2n) is 6.82. The van der Waals surface area contributed by atoms with Crippen LogP contribution in [0.4, 0.5) is 13.2 Å². The number of benzene rings is 1. The maximum Gasteiger partial charge on any atom is 0.416 e. The van der Waals surface area contributed by atoms with Gasteiger partial charge in [-0.05, 0) is 31.4 Å². The maximum atomic E-state index is 13.0. The van der Waals surface area contributed by atoms with Crippen LogP contribution in [0.2, 0.25) is 0 Å². The molecule has 0 radical (unpaired) electrons. The highest BCUT2D eigenvalue weighted by Gasteiger charge is 2.45. The highest BCUT2D eigenvalue weighted by Crippen LogP contribution is 2.48. The molecule has 3 rings (SSSR count). The highest BCUT2D eigenvalue weighted by atomic mass is 127. The van der Waals surface area contributed by atoms with Gasteiger partial charge in [-0.25, -0.2) is 4.98 Å². The van der Waals surface area contributed by atoms with E-state index in [2.05, 4.69) is 20.6 Å². The Kier molecular flexibility index (Phi) is 7.72. The van der Waals surface area contributed by atoms with Crippen LogP contribution in [0, 0.1) is 6.92 Å². The molecular formula is C19H24F3IN4S. The molecule has 1 fully saturated rings. The summed E-state index contributed by atoms with van der Waals surface area (Å²) in [6.45, 7) is 3.23. The number of aromatic nitrogens is 1. The number of hydrogen-bond donors (Lipinski definition) is 2. The molecule has 1 saturated carbocycles. The lowest BCUT2D eigenvalue weighted by Crippen LogP contribution is -2.42. The third-order valence-corrected chi connectivity index (χ3v) is 5.64. The van der Waals surface area contributed by atoms with E-state index in [0.29, 0.717) is 19.0 Å². The Bertz CT molecular complexity index is 816. The Balaban J connectivity index is 0.00000280. The van der Waals surface area contributed by atoms with Crippen molar-refractivity contribution in [2.24, 2.45) is 4.99 Å². The average Bonchev–Trinajstić information content (AvgIpc) is 3.32. The zero-order valence-electron chi connectivity index (χ0n) is 15.8. The molecule has 0 atom stereocenters. The van der Waals surface area contributed by atoms with Crippen LogP contribution in [0.1, 0.15) is 34.7 Å². The molecule has 2 N–H and O–H groups in total. The van der Waals surface area contributed by atoms with Crippen molar-refractivity contribution < 1.29 is 13.2 Å². The zero-order valence-corrected chi connectivity index (χ0v) is 18.9. The highest BCUT2D eigenvalue weighted by molar-refractivity contribution is 14.0. The van der Waals surface area contributed by atoms with Gasteiger partial charge in [-0.1, -0.05) is 18.2 Å². The van der Waals surface area contributed by atoms with Crippen molar-refractivity contribution >= 4 is 41.3 Å². The second kappa shape index (κ2) is 9.43. The van der Waals surface area contributed by atoms with Gasteiger partial charge < -0.3 is 10.6 Å². The molecule has 2 aromatic rings. The third-order valence-electron chi connectivity index (χ3n) is 4.81. The third kappa shape index (κ3) is 5.82. The van der Waals surface area contributed by atoms with Gasteiger partial charge in [0.2, 0.25) is 0 Å². The Morgan fingerprint density at radius 1 is 1.29 bits per heavy atom. The Hall–Kier alpha value is -1.36. The van der Waals surface area contributed by atoms with Gasteiger partial charge in [0, 0.05) is 37.4 Å². The lowest BCUT2D eigenvalue weighted by atomic mass is 9.94. The van der Waals surface area contributed by atoms with Gasteiger partial charge in [-0.2, -0.15) is 13.2 Å². The maximum absolute atomic E-state index is 13.0. The van der Waals surface area contributed by atoms with Crippen LogP contribution in [0.5, 0.6) is 0 Å². The molecule has 0 bridgehead atoms. The normalized spacial score (nSPS) is 15.7. The van der Waals surface area contributed by atoms with E-state index in [9.17, 15) is 13.2 Å². The van der Waals surface area contributed by atoms with E-state index >= 15 is 0 Å². The van der Waals surface area contributed by atoms with Crippen LogP contribution in [-0.4, -0.2) is 31.1 Å². The van der Waals surface area contributed by atoms with Crippen molar-refractivity contribution in [3.05, 3.63) is 51.5 Å². The van der Waals surface area contributed by atoms with Gasteiger partial charge >= 0.3 is 6.18 Å². The number of alkyl halides is 3. The quantitative estimate of drug-likeness (QED) is 0.332. The summed E-state index contributed by atoms with van der Waals surface area (Å²) in [4.78, 5) is 8.63. The number of halogens is 4. The van der Waals surface area contributed by atoms with Crippen molar-refractivity contribution in [2.45, 2.75) is 37.8 Å². The number of rotatable bonds is 6. The monoisotopic (exact) mass is 524 g/mol. The molecule has 9 heteroatoms. The predicted molar refractivity (Wildman–Crippen MR) is 118 cm³/mol. The summed E-state index contributed by atoms with van der Waals surface area (Å²) >= 11 is 1.63. The Morgan fingerprint density at radius 3 is 2.61 bits per heavy atom. The molecule has 0 unspecified atom stereocenters. The summed E-state index contributed by atoms with van der Waals surface area (Å²) in [6.07, 6.45) is -1.78. The van der Waals surface area contributed by atoms with Crippen LogP contribution in [0.25, 0.3) is 0 Å². The molecule has 154 valence electrons. The largest absolute Gasteiger partial charge is 0.416 e. The molecule has 4 nitrogen and oxygen atoms in total. The first kappa shape index (κ1) is 22.9. The zero-order chi connectivity index (χ0) is 19.5. The van der Waals surface area contributed by atoms with E-state index in [4.69, 9.17) is 0 Å². The van der Waals surface area contributed by atoms with Crippen molar-refractivity contribution in [3.8, 4) is 0 Å². The number of nitrogens with zero attached hydrogens (tertiary/aromatic N) is 2. The lowest BCUT2D eigenvalue weighted by molar-refractivity contribution is -0.137. The Morgan fingerprint density at radius 2 is 2.04 bits per heavy atom. The molecule has 0 aliphatic heterocycles. The van der Waals surface area contributed by atoms with E-state index in [-0.39, 0.29) is 29.4 Å². The van der Waals surface area contributed by atoms with E-state index in [0.717, 1.165) is 41.6 Å². The Labute approximate surface area is 184 Å². The molecule has 1 aliphatic rings. The fraction of sp³-hybridized carbons (Fsp3) is 0.474. The molecule has 1 aromatic carbocycles. The van der Waals surface area contributed by atoms with E-state index in [1.54, 1.807) is 24.5 Å². The molecule has 0 spiro atoms. The predicted octanol–water partition coefficient (Wildman–Crippen LogP) is 4.53. The van der Waals surface area contributed by atoms with Crippen molar-refractivity contribution in [2.75, 3.05) is 20.1 Å². The van der Waals surface area contributed by atoms with Gasteiger partial charge in [-0.15, -0.1) is 35.3 Å².